The van der Waals surface area contributed by atoms with E-state index in [1.54, 1.807) is 5.51 Å². The molecule has 0 saturated heterocycles. The van der Waals surface area contributed by atoms with Gasteiger partial charge in [-0.25, -0.2) is 0 Å². The molecule has 1 aromatic rings. The smallest absolute Gasteiger partial charge is 0.538 e. The minimum atomic E-state index is -1.98. The number of aromatic nitrogens is 1. The fourth-order valence-corrected chi connectivity index (χ4v) is 2.39. The molecule has 1 heterocycles. The van der Waals surface area contributed by atoms with E-state index in [0.29, 0.717) is 0 Å². The summed E-state index contributed by atoms with van der Waals surface area (Å²) in [7, 11) is 0. The topological polar surface area (TPSA) is 40.6 Å². The Bertz CT molecular complexity index is 320. The Kier molecular flexibility index (Phi) is 8.53. The standard InChI is InChI=1S/C12H23BNO3S.Li/c1-9(2)15-13(16-10(3)4,17-11(5)6)12-7-18-8-14-12;/h7-11H,1-6H3;/q-1;+1. The molecule has 1 rings (SSSR count). The van der Waals surface area contributed by atoms with Crippen molar-refractivity contribution in [3.8, 4) is 0 Å². The molecule has 0 aliphatic rings. The molecule has 0 N–H and O–H groups in total. The molecule has 0 aromatic carbocycles. The first-order valence-corrected chi connectivity index (χ1v) is 7.35. The molecule has 0 aliphatic carbocycles. The van der Waals surface area contributed by atoms with Crippen LogP contribution in [0.4, 0.5) is 0 Å². The second kappa shape index (κ2) is 8.46. The molecule has 7 heteroatoms. The Hall–Kier alpha value is 0.172. The Balaban J connectivity index is 0.00000324. The van der Waals surface area contributed by atoms with Gasteiger partial charge in [0.1, 0.15) is 0 Å². The van der Waals surface area contributed by atoms with Crippen molar-refractivity contribution in [3.05, 3.63) is 10.9 Å². The number of thiazole rings is 1. The molecular weight excluding hydrogens is 256 g/mol. The summed E-state index contributed by atoms with van der Waals surface area (Å²) < 4.78 is 17.9. The molecule has 0 fully saturated rings. The number of hydrogen-bond donors (Lipinski definition) is 0. The van der Waals surface area contributed by atoms with Gasteiger partial charge in [-0.2, -0.15) is 0 Å². The zero-order chi connectivity index (χ0) is 13.8. The van der Waals surface area contributed by atoms with E-state index in [2.05, 4.69) is 4.98 Å². The molecule has 0 aliphatic heterocycles. The van der Waals surface area contributed by atoms with Crippen LogP contribution < -0.4 is 24.5 Å². The Morgan fingerprint density at radius 3 is 1.63 bits per heavy atom. The van der Waals surface area contributed by atoms with Gasteiger partial charge in [0.05, 0.1) is 5.51 Å². The van der Waals surface area contributed by atoms with E-state index in [1.807, 2.05) is 46.9 Å². The zero-order valence-electron chi connectivity index (χ0n) is 13.0. The van der Waals surface area contributed by atoms with E-state index in [9.17, 15) is 0 Å². The van der Waals surface area contributed by atoms with Crippen molar-refractivity contribution < 1.29 is 32.8 Å². The van der Waals surface area contributed by atoms with Gasteiger partial charge in [-0.1, -0.05) is 0 Å². The number of nitrogens with zero attached hydrogens (tertiary/aromatic N) is 1. The summed E-state index contributed by atoms with van der Waals surface area (Å²) in [4.78, 5) is 4.32. The Morgan fingerprint density at radius 1 is 0.947 bits per heavy atom. The summed E-state index contributed by atoms with van der Waals surface area (Å²) in [6, 6.07) is 0. The average molecular weight is 279 g/mol. The van der Waals surface area contributed by atoms with Crippen LogP contribution in [-0.2, 0) is 14.0 Å². The first-order chi connectivity index (χ1) is 8.35. The number of rotatable bonds is 7. The van der Waals surface area contributed by atoms with Gasteiger partial charge >= 0.3 is 25.6 Å². The minimum Gasteiger partial charge on any atom is -0.538 e. The SMILES string of the molecule is CC(C)O[B-](OC(C)C)(OC(C)C)c1cscn1.[Li+]. The van der Waals surface area contributed by atoms with Crippen molar-refractivity contribution in [2.24, 2.45) is 0 Å². The molecule has 19 heavy (non-hydrogen) atoms. The van der Waals surface area contributed by atoms with Crippen LogP contribution >= 0.6 is 11.3 Å². The predicted octanol–water partition coefficient (Wildman–Crippen LogP) is -0.432. The van der Waals surface area contributed by atoms with Crippen molar-refractivity contribution in [2.45, 2.75) is 59.9 Å². The third-order valence-corrected chi connectivity index (χ3v) is 2.77. The van der Waals surface area contributed by atoms with Gasteiger partial charge in [-0.05, 0) is 52.5 Å². The average Bonchev–Trinajstić information content (AvgIpc) is 2.65. The summed E-state index contributed by atoms with van der Waals surface area (Å²) in [6.45, 7) is 9.84. The van der Waals surface area contributed by atoms with Crippen molar-refractivity contribution in [2.75, 3.05) is 0 Å². The van der Waals surface area contributed by atoms with Crippen molar-refractivity contribution in [1.29, 1.82) is 0 Å². The minimum absolute atomic E-state index is 0. The summed E-state index contributed by atoms with van der Waals surface area (Å²) in [5.41, 5.74) is 2.50. The summed E-state index contributed by atoms with van der Waals surface area (Å²) in [5, 5.41) is 1.92. The predicted molar refractivity (Wildman–Crippen MR) is 76.2 cm³/mol. The van der Waals surface area contributed by atoms with Gasteiger partial charge in [-0.3, -0.25) is 4.98 Å². The van der Waals surface area contributed by atoms with Crippen LogP contribution in [0.3, 0.4) is 0 Å². The molecule has 0 saturated carbocycles. The second-order valence-corrected chi connectivity index (χ2v) is 5.83. The first kappa shape index (κ1) is 19.2. The largest absolute Gasteiger partial charge is 1.00 e. The number of hydrogen-bond acceptors (Lipinski definition) is 5. The van der Waals surface area contributed by atoms with E-state index in [4.69, 9.17) is 14.0 Å². The van der Waals surface area contributed by atoms with Gasteiger partial charge in [0, 0.05) is 18.3 Å². The van der Waals surface area contributed by atoms with Crippen LogP contribution in [0.25, 0.3) is 0 Å². The van der Waals surface area contributed by atoms with Gasteiger partial charge < -0.3 is 14.0 Å². The van der Waals surface area contributed by atoms with Crippen molar-refractivity contribution >= 4 is 23.7 Å². The Morgan fingerprint density at radius 2 is 1.37 bits per heavy atom. The maximum Gasteiger partial charge on any atom is 1.00 e. The van der Waals surface area contributed by atoms with Crippen LogP contribution in [0.15, 0.2) is 10.9 Å². The van der Waals surface area contributed by atoms with E-state index in [0.717, 1.165) is 5.59 Å². The summed E-state index contributed by atoms with van der Waals surface area (Å²) >= 11 is 1.51. The van der Waals surface area contributed by atoms with Crippen molar-refractivity contribution in [3.63, 3.8) is 0 Å². The molecule has 104 valence electrons. The first-order valence-electron chi connectivity index (χ1n) is 6.41. The summed E-state index contributed by atoms with van der Waals surface area (Å²) in [5.74, 6) is 0. The van der Waals surface area contributed by atoms with Crippen LogP contribution in [-0.4, -0.2) is 30.1 Å². The molecule has 4 nitrogen and oxygen atoms in total. The van der Waals surface area contributed by atoms with E-state index in [-0.39, 0.29) is 37.2 Å². The van der Waals surface area contributed by atoms with Crippen LogP contribution in [0.5, 0.6) is 0 Å². The van der Waals surface area contributed by atoms with Gasteiger partial charge in [0.25, 0.3) is 0 Å². The Labute approximate surface area is 132 Å². The van der Waals surface area contributed by atoms with Gasteiger partial charge in [0.15, 0.2) is 0 Å². The fourth-order valence-electron chi connectivity index (χ4n) is 1.78. The van der Waals surface area contributed by atoms with E-state index >= 15 is 0 Å². The van der Waals surface area contributed by atoms with Crippen molar-refractivity contribution in [1.82, 2.24) is 4.98 Å². The quantitative estimate of drug-likeness (QED) is 0.635. The molecule has 0 radical (unpaired) electrons. The van der Waals surface area contributed by atoms with Crippen LogP contribution in [0.1, 0.15) is 41.5 Å². The normalized spacial score (nSPS) is 12.3. The third-order valence-electron chi connectivity index (χ3n) is 2.17. The van der Waals surface area contributed by atoms with Gasteiger partial charge in [-0.15, -0.1) is 11.3 Å². The monoisotopic (exact) mass is 279 g/mol. The second-order valence-electron chi connectivity index (χ2n) is 5.11. The van der Waals surface area contributed by atoms with Crippen LogP contribution in [0.2, 0.25) is 0 Å². The van der Waals surface area contributed by atoms with E-state index < -0.39 is 6.75 Å². The molecular formula is C12H23BLiNO3S. The molecule has 0 spiro atoms. The molecule has 0 unspecified atom stereocenters. The maximum atomic E-state index is 5.97. The zero-order valence-corrected chi connectivity index (χ0v) is 13.9. The van der Waals surface area contributed by atoms with Crippen LogP contribution in [0, 0.1) is 0 Å². The molecule has 0 atom stereocenters. The molecule has 0 bridgehead atoms. The third kappa shape index (κ3) is 5.99. The maximum absolute atomic E-state index is 5.97. The van der Waals surface area contributed by atoms with Gasteiger partial charge in [0.2, 0.25) is 0 Å². The summed E-state index contributed by atoms with van der Waals surface area (Å²) in [6.07, 6.45) is 0.0117. The van der Waals surface area contributed by atoms with E-state index in [1.165, 1.54) is 11.3 Å². The fraction of sp³-hybridized carbons (Fsp3) is 0.750. The molecule has 0 amide bonds. The molecule has 1 aromatic heterocycles.